The highest BCUT2D eigenvalue weighted by molar-refractivity contribution is 7.55. The standard InChI is InChI=1S/C23H30O6P2/c1-19(13-21-9-5-3-6-10-21)30(24)26-15-23(16-27-30)17-28-31(25,29-18-23)20(2)14-22-11-7-4-8-12-22/h3-12,19-20H,13-18H2,1-2H3. The fourth-order valence-electron chi connectivity index (χ4n) is 3.88. The van der Waals surface area contributed by atoms with Gasteiger partial charge < -0.3 is 18.1 Å². The largest absolute Gasteiger partial charge is 0.333 e. The average Bonchev–Trinajstić information content (AvgIpc) is 2.79. The van der Waals surface area contributed by atoms with E-state index in [9.17, 15) is 9.13 Å². The van der Waals surface area contributed by atoms with Crippen LogP contribution in [0.2, 0.25) is 0 Å². The third-order valence-electron chi connectivity index (χ3n) is 6.03. The van der Waals surface area contributed by atoms with Crippen LogP contribution < -0.4 is 0 Å². The Labute approximate surface area is 184 Å². The first kappa shape index (κ1) is 22.9. The van der Waals surface area contributed by atoms with Crippen LogP contribution in [-0.2, 0) is 40.1 Å². The van der Waals surface area contributed by atoms with Crippen LogP contribution in [-0.4, -0.2) is 37.7 Å². The van der Waals surface area contributed by atoms with Crippen LogP contribution >= 0.6 is 15.2 Å². The smallest absolute Gasteiger partial charge is 0.308 e. The lowest BCUT2D eigenvalue weighted by atomic mass is 9.93. The molecule has 2 aliphatic heterocycles. The topological polar surface area (TPSA) is 71.1 Å². The van der Waals surface area contributed by atoms with Gasteiger partial charge in [0.05, 0.1) is 43.2 Å². The van der Waals surface area contributed by atoms with Gasteiger partial charge in [-0.1, -0.05) is 74.5 Å². The van der Waals surface area contributed by atoms with Crippen molar-refractivity contribution in [1.82, 2.24) is 0 Å². The van der Waals surface area contributed by atoms with Crippen LogP contribution in [0.25, 0.3) is 0 Å². The molecule has 0 bridgehead atoms. The van der Waals surface area contributed by atoms with Crippen molar-refractivity contribution in [1.29, 1.82) is 0 Å². The predicted molar refractivity (Wildman–Crippen MR) is 121 cm³/mol. The van der Waals surface area contributed by atoms with Gasteiger partial charge in [0.25, 0.3) is 0 Å². The summed E-state index contributed by atoms with van der Waals surface area (Å²) in [5, 5.41) is 0. The monoisotopic (exact) mass is 464 g/mol. The third kappa shape index (κ3) is 5.22. The van der Waals surface area contributed by atoms with Crippen LogP contribution in [0.5, 0.6) is 0 Å². The second-order valence-corrected chi connectivity index (χ2v) is 13.7. The number of benzene rings is 2. The van der Waals surface area contributed by atoms with Gasteiger partial charge >= 0.3 is 15.2 Å². The molecule has 2 unspecified atom stereocenters. The molecule has 0 aliphatic carbocycles. The first-order valence-electron chi connectivity index (χ1n) is 10.7. The van der Waals surface area contributed by atoms with E-state index in [4.69, 9.17) is 18.1 Å². The minimum absolute atomic E-state index is 0.205. The van der Waals surface area contributed by atoms with Crippen molar-refractivity contribution >= 4 is 15.2 Å². The van der Waals surface area contributed by atoms with E-state index in [0.29, 0.717) is 12.8 Å². The molecule has 2 aromatic rings. The number of hydrogen-bond acceptors (Lipinski definition) is 6. The lowest BCUT2D eigenvalue weighted by Crippen LogP contribution is -2.47. The Morgan fingerprint density at radius 1 is 0.677 bits per heavy atom. The van der Waals surface area contributed by atoms with Crippen LogP contribution in [0.1, 0.15) is 25.0 Å². The number of hydrogen-bond donors (Lipinski definition) is 0. The highest BCUT2D eigenvalue weighted by atomic mass is 31.2. The van der Waals surface area contributed by atoms with Gasteiger partial charge in [-0.2, -0.15) is 0 Å². The Bertz CT molecular complexity index is 858. The summed E-state index contributed by atoms with van der Waals surface area (Å²) in [6, 6.07) is 19.8. The molecule has 0 N–H and O–H groups in total. The summed E-state index contributed by atoms with van der Waals surface area (Å²) in [4.78, 5) is 0. The van der Waals surface area contributed by atoms with Crippen molar-refractivity contribution < 1.29 is 27.2 Å². The van der Waals surface area contributed by atoms with Gasteiger partial charge in [0.1, 0.15) is 0 Å². The first-order chi connectivity index (χ1) is 14.8. The van der Waals surface area contributed by atoms with E-state index in [0.717, 1.165) is 11.1 Å². The Morgan fingerprint density at radius 2 is 1.00 bits per heavy atom. The molecule has 2 atom stereocenters. The molecule has 6 nitrogen and oxygen atoms in total. The molecule has 2 aliphatic rings. The highest BCUT2D eigenvalue weighted by Gasteiger charge is 2.51. The van der Waals surface area contributed by atoms with Gasteiger partial charge in [0.15, 0.2) is 0 Å². The van der Waals surface area contributed by atoms with Crippen molar-refractivity contribution in [3.05, 3.63) is 71.8 Å². The molecule has 168 valence electrons. The fourth-order valence-corrected chi connectivity index (χ4v) is 7.73. The van der Waals surface area contributed by atoms with Gasteiger partial charge in [0.2, 0.25) is 0 Å². The summed E-state index contributed by atoms with van der Waals surface area (Å²) in [7, 11) is -6.48. The van der Waals surface area contributed by atoms with Gasteiger partial charge in [0, 0.05) is 0 Å². The minimum Gasteiger partial charge on any atom is -0.308 e. The van der Waals surface area contributed by atoms with Gasteiger partial charge in [-0.05, 0) is 24.0 Å². The zero-order chi connectivity index (χ0) is 22.0. The Hall–Kier alpha value is -1.26. The summed E-state index contributed by atoms with van der Waals surface area (Å²) in [6.07, 6.45) is 1.23. The minimum atomic E-state index is -3.24. The van der Waals surface area contributed by atoms with Crippen LogP contribution in [0.15, 0.2) is 60.7 Å². The molecular weight excluding hydrogens is 434 g/mol. The molecule has 0 aromatic heterocycles. The van der Waals surface area contributed by atoms with E-state index < -0.39 is 20.6 Å². The van der Waals surface area contributed by atoms with E-state index in [1.807, 2.05) is 74.5 Å². The summed E-state index contributed by atoms with van der Waals surface area (Å²) in [5.41, 5.74) is 1.09. The molecule has 31 heavy (non-hydrogen) atoms. The van der Waals surface area contributed by atoms with Crippen LogP contribution in [0, 0.1) is 5.41 Å². The summed E-state index contributed by atoms with van der Waals surface area (Å²) < 4.78 is 49.6. The Morgan fingerprint density at radius 3 is 1.32 bits per heavy atom. The molecule has 4 rings (SSSR count). The zero-order valence-corrected chi connectivity index (χ0v) is 19.8. The normalized spacial score (nSPS) is 33.1. The van der Waals surface area contributed by atoms with E-state index in [1.54, 1.807) is 0 Å². The van der Waals surface area contributed by atoms with Crippen molar-refractivity contribution in [3.8, 4) is 0 Å². The predicted octanol–water partition coefficient (Wildman–Crippen LogP) is 5.72. The van der Waals surface area contributed by atoms with Crippen LogP contribution in [0.3, 0.4) is 0 Å². The van der Waals surface area contributed by atoms with Crippen molar-refractivity contribution in [2.75, 3.05) is 26.4 Å². The SMILES string of the molecule is CC(Cc1ccccc1)P1(=O)OCC2(CO1)COP(=O)(C(C)Cc1ccccc1)OC2. The van der Waals surface area contributed by atoms with Crippen molar-refractivity contribution in [2.45, 2.75) is 38.0 Å². The summed E-state index contributed by atoms with van der Waals surface area (Å²) in [6.45, 7) is 4.60. The molecular formula is C23H30O6P2. The number of rotatable bonds is 6. The fraction of sp³-hybridized carbons (Fsp3) is 0.478. The van der Waals surface area contributed by atoms with Gasteiger partial charge in [-0.3, -0.25) is 9.13 Å². The van der Waals surface area contributed by atoms with E-state index in [1.165, 1.54) is 0 Å². The zero-order valence-electron chi connectivity index (χ0n) is 18.0. The highest BCUT2D eigenvalue weighted by Crippen LogP contribution is 2.63. The first-order valence-corrected chi connectivity index (χ1v) is 13.9. The van der Waals surface area contributed by atoms with Crippen LogP contribution in [0.4, 0.5) is 0 Å². The average molecular weight is 464 g/mol. The molecule has 8 heteroatoms. The lowest BCUT2D eigenvalue weighted by molar-refractivity contribution is -0.0707. The third-order valence-corrected chi connectivity index (χ3v) is 10.5. The second-order valence-electron chi connectivity index (χ2n) is 8.75. The molecule has 0 amide bonds. The molecule has 0 saturated carbocycles. The maximum absolute atomic E-state index is 13.2. The van der Waals surface area contributed by atoms with Crippen molar-refractivity contribution in [2.24, 2.45) is 5.41 Å². The Balaban J connectivity index is 1.32. The molecule has 2 fully saturated rings. The van der Waals surface area contributed by atoms with Crippen molar-refractivity contribution in [3.63, 3.8) is 0 Å². The summed E-state index contributed by atoms with van der Waals surface area (Å²) >= 11 is 0. The van der Waals surface area contributed by atoms with Gasteiger partial charge in [-0.25, -0.2) is 0 Å². The lowest BCUT2D eigenvalue weighted by Gasteiger charge is -2.44. The quantitative estimate of drug-likeness (QED) is 0.510. The second kappa shape index (κ2) is 9.31. The molecule has 2 aromatic carbocycles. The molecule has 0 radical (unpaired) electrons. The summed E-state index contributed by atoms with van der Waals surface area (Å²) in [5.74, 6) is 0. The molecule has 2 saturated heterocycles. The van der Waals surface area contributed by atoms with Gasteiger partial charge in [-0.15, -0.1) is 0 Å². The maximum atomic E-state index is 13.2. The molecule has 2 heterocycles. The van der Waals surface area contributed by atoms with E-state index >= 15 is 0 Å². The van der Waals surface area contributed by atoms with E-state index in [-0.39, 0.29) is 37.7 Å². The Kier molecular flexibility index (Phi) is 6.88. The molecule has 1 spiro atoms. The maximum Gasteiger partial charge on any atom is 0.333 e. The van der Waals surface area contributed by atoms with E-state index in [2.05, 4.69) is 0 Å².